The summed E-state index contributed by atoms with van der Waals surface area (Å²) >= 11 is 6.05. The molecule has 2 aromatic rings. The molecular weight excluding hydrogens is 280 g/mol. The van der Waals surface area contributed by atoms with Crippen molar-refractivity contribution >= 4 is 11.6 Å². The molecule has 1 heterocycles. The standard InChI is InChI=1S/C18H21ClN2/c1-20-11-13-21(14-12-20)18(15-5-3-2-4-6-15)16-7-9-17(19)10-8-16/h2-10,18H,11-14H2,1H3/t18-/m1/s1. The predicted molar refractivity (Wildman–Crippen MR) is 88.8 cm³/mol. The summed E-state index contributed by atoms with van der Waals surface area (Å²) in [6.45, 7) is 4.44. The maximum absolute atomic E-state index is 6.05. The van der Waals surface area contributed by atoms with E-state index in [2.05, 4.69) is 59.3 Å². The average Bonchev–Trinajstić information content (AvgIpc) is 2.52. The van der Waals surface area contributed by atoms with E-state index in [0.717, 1.165) is 31.2 Å². The molecule has 110 valence electrons. The summed E-state index contributed by atoms with van der Waals surface area (Å²) < 4.78 is 0. The normalized spacial score (nSPS) is 18.6. The van der Waals surface area contributed by atoms with Gasteiger partial charge in [-0.05, 0) is 30.3 Å². The van der Waals surface area contributed by atoms with E-state index >= 15 is 0 Å². The van der Waals surface area contributed by atoms with Gasteiger partial charge in [-0.3, -0.25) is 4.90 Å². The van der Waals surface area contributed by atoms with Crippen molar-refractivity contribution in [3.63, 3.8) is 0 Å². The second-order valence-corrected chi connectivity index (χ2v) is 6.14. The SMILES string of the molecule is CN1CCN([C@H](c2ccccc2)c2ccc(Cl)cc2)CC1. The number of nitrogens with zero attached hydrogens (tertiary/aromatic N) is 2. The monoisotopic (exact) mass is 300 g/mol. The zero-order valence-corrected chi connectivity index (χ0v) is 13.1. The zero-order chi connectivity index (χ0) is 14.7. The topological polar surface area (TPSA) is 6.48 Å². The molecule has 0 amide bonds. The molecule has 0 N–H and O–H groups in total. The second-order valence-electron chi connectivity index (χ2n) is 5.70. The predicted octanol–water partition coefficient (Wildman–Crippen LogP) is 3.68. The Morgan fingerprint density at radius 1 is 0.810 bits per heavy atom. The molecule has 0 bridgehead atoms. The van der Waals surface area contributed by atoms with Gasteiger partial charge in [0.15, 0.2) is 0 Å². The Balaban J connectivity index is 1.93. The highest BCUT2D eigenvalue weighted by Crippen LogP contribution is 2.30. The summed E-state index contributed by atoms with van der Waals surface area (Å²) in [4.78, 5) is 4.96. The van der Waals surface area contributed by atoms with Crippen molar-refractivity contribution in [3.8, 4) is 0 Å². The van der Waals surface area contributed by atoms with Gasteiger partial charge in [0.2, 0.25) is 0 Å². The van der Waals surface area contributed by atoms with Crippen molar-refractivity contribution in [3.05, 3.63) is 70.7 Å². The lowest BCUT2D eigenvalue weighted by Crippen LogP contribution is -2.46. The average molecular weight is 301 g/mol. The summed E-state index contributed by atoms with van der Waals surface area (Å²) in [7, 11) is 2.19. The van der Waals surface area contributed by atoms with Crippen LogP contribution in [0.4, 0.5) is 0 Å². The van der Waals surface area contributed by atoms with Gasteiger partial charge in [-0.2, -0.15) is 0 Å². The Labute approximate surface area is 131 Å². The Morgan fingerprint density at radius 3 is 2.00 bits per heavy atom. The van der Waals surface area contributed by atoms with Gasteiger partial charge in [-0.15, -0.1) is 0 Å². The first kappa shape index (κ1) is 14.6. The van der Waals surface area contributed by atoms with Crippen LogP contribution < -0.4 is 0 Å². The summed E-state index contributed by atoms with van der Waals surface area (Å²) in [5.41, 5.74) is 2.67. The molecule has 0 aromatic heterocycles. The van der Waals surface area contributed by atoms with E-state index in [1.54, 1.807) is 0 Å². The second kappa shape index (κ2) is 6.61. The number of rotatable bonds is 3. The van der Waals surface area contributed by atoms with Gasteiger partial charge in [-0.25, -0.2) is 0 Å². The van der Waals surface area contributed by atoms with E-state index in [9.17, 15) is 0 Å². The van der Waals surface area contributed by atoms with Crippen LogP contribution in [0.15, 0.2) is 54.6 Å². The molecule has 2 nitrogen and oxygen atoms in total. The molecule has 0 saturated carbocycles. The van der Waals surface area contributed by atoms with Crippen LogP contribution in [0.3, 0.4) is 0 Å². The van der Waals surface area contributed by atoms with Crippen LogP contribution in [-0.2, 0) is 0 Å². The number of likely N-dealkylation sites (N-methyl/N-ethyl adjacent to an activating group) is 1. The summed E-state index contributed by atoms with van der Waals surface area (Å²) in [5, 5.41) is 0.795. The van der Waals surface area contributed by atoms with Crippen molar-refractivity contribution in [1.82, 2.24) is 9.80 Å². The number of hydrogen-bond donors (Lipinski definition) is 0. The highest BCUT2D eigenvalue weighted by molar-refractivity contribution is 6.30. The molecule has 1 aliphatic heterocycles. The molecular formula is C18H21ClN2. The van der Waals surface area contributed by atoms with Crippen molar-refractivity contribution in [2.75, 3.05) is 33.2 Å². The fourth-order valence-corrected chi connectivity index (χ4v) is 3.10. The fraction of sp³-hybridized carbons (Fsp3) is 0.333. The van der Waals surface area contributed by atoms with Gasteiger partial charge < -0.3 is 4.90 Å². The Morgan fingerprint density at radius 2 is 1.38 bits per heavy atom. The third kappa shape index (κ3) is 3.46. The van der Waals surface area contributed by atoms with Gasteiger partial charge >= 0.3 is 0 Å². The number of hydrogen-bond acceptors (Lipinski definition) is 2. The molecule has 1 aliphatic rings. The molecule has 21 heavy (non-hydrogen) atoms. The Kier molecular flexibility index (Phi) is 4.59. The van der Waals surface area contributed by atoms with Crippen LogP contribution in [0.2, 0.25) is 5.02 Å². The lowest BCUT2D eigenvalue weighted by molar-refractivity contribution is 0.127. The van der Waals surface area contributed by atoms with Gasteiger partial charge in [0, 0.05) is 31.2 Å². The first-order valence-electron chi connectivity index (χ1n) is 7.47. The maximum atomic E-state index is 6.05. The molecule has 1 fully saturated rings. The molecule has 1 atom stereocenters. The molecule has 0 unspecified atom stereocenters. The van der Waals surface area contributed by atoms with E-state index in [0.29, 0.717) is 6.04 Å². The minimum Gasteiger partial charge on any atom is -0.304 e. The molecule has 0 spiro atoms. The van der Waals surface area contributed by atoms with E-state index in [-0.39, 0.29) is 0 Å². The molecule has 2 aromatic carbocycles. The lowest BCUT2D eigenvalue weighted by Gasteiger charge is -2.38. The smallest absolute Gasteiger partial charge is 0.0602 e. The minimum atomic E-state index is 0.317. The van der Waals surface area contributed by atoms with E-state index in [4.69, 9.17) is 11.6 Å². The van der Waals surface area contributed by atoms with Gasteiger partial charge in [0.25, 0.3) is 0 Å². The first-order chi connectivity index (χ1) is 10.2. The van der Waals surface area contributed by atoms with Gasteiger partial charge in [0.05, 0.1) is 6.04 Å². The highest BCUT2D eigenvalue weighted by atomic mass is 35.5. The van der Waals surface area contributed by atoms with Crippen LogP contribution in [0.1, 0.15) is 17.2 Å². The van der Waals surface area contributed by atoms with Crippen molar-refractivity contribution in [1.29, 1.82) is 0 Å². The van der Waals surface area contributed by atoms with E-state index < -0.39 is 0 Å². The molecule has 0 radical (unpaired) electrons. The summed E-state index contributed by atoms with van der Waals surface area (Å²) in [5.74, 6) is 0. The third-order valence-electron chi connectivity index (χ3n) is 4.20. The molecule has 0 aliphatic carbocycles. The first-order valence-corrected chi connectivity index (χ1v) is 7.85. The summed E-state index contributed by atoms with van der Waals surface area (Å²) in [6.07, 6.45) is 0. The van der Waals surface area contributed by atoms with E-state index in [1.807, 2.05) is 12.1 Å². The van der Waals surface area contributed by atoms with Gasteiger partial charge in [0.1, 0.15) is 0 Å². The van der Waals surface area contributed by atoms with Crippen LogP contribution in [0, 0.1) is 0 Å². The Hall–Kier alpha value is -1.35. The number of halogens is 1. The molecule has 1 saturated heterocycles. The van der Waals surface area contributed by atoms with Crippen molar-refractivity contribution in [2.24, 2.45) is 0 Å². The quantitative estimate of drug-likeness (QED) is 0.853. The highest BCUT2D eigenvalue weighted by Gasteiger charge is 2.25. The van der Waals surface area contributed by atoms with Crippen LogP contribution in [-0.4, -0.2) is 43.0 Å². The van der Waals surface area contributed by atoms with Crippen molar-refractivity contribution < 1.29 is 0 Å². The van der Waals surface area contributed by atoms with E-state index in [1.165, 1.54) is 11.1 Å². The largest absolute Gasteiger partial charge is 0.304 e. The third-order valence-corrected chi connectivity index (χ3v) is 4.46. The van der Waals surface area contributed by atoms with Gasteiger partial charge in [-0.1, -0.05) is 54.1 Å². The van der Waals surface area contributed by atoms with Crippen LogP contribution in [0.5, 0.6) is 0 Å². The fourth-order valence-electron chi connectivity index (χ4n) is 2.97. The van der Waals surface area contributed by atoms with Crippen LogP contribution >= 0.6 is 11.6 Å². The van der Waals surface area contributed by atoms with Crippen molar-refractivity contribution in [2.45, 2.75) is 6.04 Å². The molecule has 3 rings (SSSR count). The minimum absolute atomic E-state index is 0.317. The summed E-state index contributed by atoms with van der Waals surface area (Å²) in [6, 6.07) is 19.4. The Bertz CT molecular complexity index is 560. The zero-order valence-electron chi connectivity index (χ0n) is 12.4. The maximum Gasteiger partial charge on any atom is 0.0602 e. The number of benzene rings is 2. The number of piperazine rings is 1. The van der Waals surface area contributed by atoms with Crippen LogP contribution in [0.25, 0.3) is 0 Å². The molecule has 3 heteroatoms. The lowest BCUT2D eigenvalue weighted by atomic mass is 9.96.